The van der Waals surface area contributed by atoms with Gasteiger partial charge in [-0.1, -0.05) is 24.3 Å². The van der Waals surface area contributed by atoms with Gasteiger partial charge in [0.25, 0.3) is 5.91 Å². The maximum atomic E-state index is 12.6. The smallest absolute Gasteiger partial charge is 0.273 e. The normalized spacial score (nSPS) is 15.9. The summed E-state index contributed by atoms with van der Waals surface area (Å²) in [7, 11) is 0. The number of pyridine rings is 1. The topological polar surface area (TPSA) is 84.7 Å². The fourth-order valence-electron chi connectivity index (χ4n) is 3.46. The lowest BCUT2D eigenvalue weighted by molar-refractivity contribution is 0.0933. The molecule has 2 N–H and O–H groups in total. The van der Waals surface area contributed by atoms with Gasteiger partial charge >= 0.3 is 0 Å². The summed E-state index contributed by atoms with van der Waals surface area (Å²) in [6.45, 7) is 3.89. The molecule has 28 heavy (non-hydrogen) atoms. The van der Waals surface area contributed by atoms with E-state index in [0.717, 1.165) is 42.6 Å². The number of amides is 1. The molecule has 4 rings (SSSR count). The van der Waals surface area contributed by atoms with Crippen LogP contribution in [0.15, 0.2) is 55.0 Å². The number of hydrogen-bond acceptors (Lipinski definition) is 5. The predicted octanol–water partition coefficient (Wildman–Crippen LogP) is 2.76. The van der Waals surface area contributed by atoms with Crippen molar-refractivity contribution in [3.63, 3.8) is 0 Å². The summed E-state index contributed by atoms with van der Waals surface area (Å²) in [5.41, 5.74) is 3.64. The summed E-state index contributed by atoms with van der Waals surface area (Å²) in [5.74, 6) is -0.203. The van der Waals surface area contributed by atoms with Crippen LogP contribution in [0.2, 0.25) is 0 Å². The molecule has 1 aliphatic rings. The second-order valence-electron chi connectivity index (χ2n) is 7.08. The molecule has 3 aromatic rings. The van der Waals surface area contributed by atoms with Crippen molar-refractivity contribution in [3.05, 3.63) is 66.2 Å². The number of nitrogens with one attached hydrogen (secondary N) is 2. The molecule has 7 heteroatoms. The zero-order valence-electron chi connectivity index (χ0n) is 15.9. The minimum absolute atomic E-state index is 0.122. The number of carbonyl (C=O) groups is 1. The molecule has 144 valence electrons. The molecule has 0 bridgehead atoms. The molecule has 1 aliphatic heterocycles. The van der Waals surface area contributed by atoms with Crippen LogP contribution in [-0.2, 0) is 0 Å². The van der Waals surface area contributed by atoms with Gasteiger partial charge in [-0.05, 0) is 61.7 Å². The number of benzene rings is 1. The molecule has 0 radical (unpaired) electrons. The first-order valence-electron chi connectivity index (χ1n) is 9.64. The average molecular weight is 376 g/mol. The van der Waals surface area contributed by atoms with Crippen molar-refractivity contribution >= 4 is 5.91 Å². The fourth-order valence-corrected chi connectivity index (χ4v) is 3.46. The highest BCUT2D eigenvalue weighted by Gasteiger charge is 2.20. The van der Waals surface area contributed by atoms with Crippen LogP contribution in [0, 0.1) is 0 Å². The van der Waals surface area contributed by atoms with Crippen LogP contribution in [-0.4, -0.2) is 39.0 Å². The van der Waals surface area contributed by atoms with Crippen molar-refractivity contribution in [2.24, 2.45) is 0 Å². The second kappa shape index (κ2) is 8.31. The second-order valence-corrected chi connectivity index (χ2v) is 7.08. The third kappa shape index (κ3) is 4.09. The van der Waals surface area contributed by atoms with Crippen LogP contribution >= 0.6 is 0 Å². The van der Waals surface area contributed by atoms with Crippen LogP contribution in [0.5, 0.6) is 0 Å². The van der Waals surface area contributed by atoms with Gasteiger partial charge < -0.3 is 10.6 Å². The highest BCUT2D eigenvalue weighted by Crippen LogP contribution is 2.22. The number of carbonyl (C=O) groups excluding carboxylic acids is 1. The van der Waals surface area contributed by atoms with Gasteiger partial charge in [0.1, 0.15) is 0 Å². The van der Waals surface area contributed by atoms with E-state index >= 15 is 0 Å². The highest BCUT2D eigenvalue weighted by molar-refractivity contribution is 5.92. The van der Waals surface area contributed by atoms with Crippen molar-refractivity contribution < 1.29 is 4.79 Å². The molecule has 3 heterocycles. The van der Waals surface area contributed by atoms with Gasteiger partial charge in [-0.25, -0.2) is 0 Å². The zero-order valence-corrected chi connectivity index (χ0v) is 15.9. The van der Waals surface area contributed by atoms with Gasteiger partial charge in [0.15, 0.2) is 5.69 Å². The van der Waals surface area contributed by atoms with E-state index in [-0.39, 0.29) is 18.0 Å². The quantitative estimate of drug-likeness (QED) is 0.715. The van der Waals surface area contributed by atoms with E-state index in [0.29, 0.717) is 5.69 Å². The Morgan fingerprint density at radius 3 is 2.50 bits per heavy atom. The third-order valence-corrected chi connectivity index (χ3v) is 5.15. The van der Waals surface area contributed by atoms with Crippen LogP contribution in [0.4, 0.5) is 0 Å². The summed E-state index contributed by atoms with van der Waals surface area (Å²) < 4.78 is 0. The minimum atomic E-state index is -0.203. The summed E-state index contributed by atoms with van der Waals surface area (Å²) in [6, 6.07) is 12.3. The molecule has 1 atom stereocenters. The third-order valence-electron chi connectivity index (χ3n) is 5.15. The Labute approximate surface area is 164 Å². The number of nitrogens with zero attached hydrogens (tertiary/aromatic N) is 4. The molecular formula is C21H24N6O. The van der Waals surface area contributed by atoms with E-state index in [1.807, 2.05) is 31.2 Å². The molecule has 1 saturated heterocycles. The molecule has 0 spiro atoms. The Balaban J connectivity index is 1.40. The molecule has 0 saturated carbocycles. The molecule has 0 aliphatic carbocycles. The first-order chi connectivity index (χ1) is 13.7. The van der Waals surface area contributed by atoms with E-state index in [1.54, 1.807) is 23.4 Å². The van der Waals surface area contributed by atoms with Crippen LogP contribution in [0.3, 0.4) is 0 Å². The van der Waals surface area contributed by atoms with Crippen molar-refractivity contribution in [2.75, 3.05) is 13.1 Å². The minimum Gasteiger partial charge on any atom is -0.344 e. The Kier molecular flexibility index (Phi) is 5.43. The van der Waals surface area contributed by atoms with E-state index in [4.69, 9.17) is 0 Å². The van der Waals surface area contributed by atoms with Crippen LogP contribution < -0.4 is 10.6 Å². The summed E-state index contributed by atoms with van der Waals surface area (Å²) in [4.78, 5) is 18.3. The summed E-state index contributed by atoms with van der Waals surface area (Å²) in [6.07, 6.45) is 7.08. The molecule has 1 aromatic carbocycles. The number of aromatic nitrogens is 4. The molecular weight excluding hydrogens is 352 g/mol. The Morgan fingerprint density at radius 2 is 1.79 bits per heavy atom. The lowest BCUT2D eigenvalue weighted by Crippen LogP contribution is -2.31. The van der Waals surface area contributed by atoms with Gasteiger partial charge in [-0.15, -0.1) is 5.10 Å². The van der Waals surface area contributed by atoms with Gasteiger partial charge in [0, 0.05) is 12.4 Å². The van der Waals surface area contributed by atoms with Crippen molar-refractivity contribution in [1.82, 2.24) is 30.6 Å². The predicted molar refractivity (Wildman–Crippen MR) is 107 cm³/mol. The molecule has 1 amide bonds. The number of hydrogen-bond donors (Lipinski definition) is 2. The molecule has 7 nitrogen and oxygen atoms in total. The van der Waals surface area contributed by atoms with E-state index < -0.39 is 0 Å². The van der Waals surface area contributed by atoms with Gasteiger partial charge in [-0.2, -0.15) is 9.90 Å². The average Bonchev–Trinajstić information content (AvgIpc) is 3.26. The first-order valence-corrected chi connectivity index (χ1v) is 9.64. The summed E-state index contributed by atoms with van der Waals surface area (Å²) in [5, 5.41) is 15.0. The SMILES string of the molecule is CC(NC(=O)c1cnn(C2CCNCC2)n1)c1ccc(-c2ccncc2)cc1. The van der Waals surface area contributed by atoms with Gasteiger partial charge in [0.2, 0.25) is 0 Å². The summed E-state index contributed by atoms with van der Waals surface area (Å²) >= 11 is 0. The number of rotatable bonds is 5. The standard InChI is InChI=1S/C21H24N6O/c1-15(16-2-4-17(5-3-16)18-6-10-22-11-7-18)25-21(28)20-14-24-27(26-20)19-8-12-23-13-9-19/h2-7,10-11,14-15,19,23H,8-9,12-13H2,1H3,(H,25,28). The van der Waals surface area contributed by atoms with Crippen molar-refractivity contribution in [1.29, 1.82) is 0 Å². The molecule has 1 unspecified atom stereocenters. The van der Waals surface area contributed by atoms with E-state index in [2.05, 4.69) is 37.9 Å². The van der Waals surface area contributed by atoms with E-state index in [1.165, 1.54) is 0 Å². The maximum absolute atomic E-state index is 12.6. The first kappa shape index (κ1) is 18.3. The maximum Gasteiger partial charge on any atom is 0.273 e. The van der Waals surface area contributed by atoms with Gasteiger partial charge in [-0.3, -0.25) is 9.78 Å². The number of piperidine rings is 1. The van der Waals surface area contributed by atoms with E-state index in [9.17, 15) is 4.79 Å². The monoisotopic (exact) mass is 376 g/mol. The molecule has 1 fully saturated rings. The van der Waals surface area contributed by atoms with Crippen LogP contribution in [0.1, 0.15) is 47.9 Å². The van der Waals surface area contributed by atoms with Gasteiger partial charge in [0.05, 0.1) is 18.3 Å². The van der Waals surface area contributed by atoms with Crippen molar-refractivity contribution in [2.45, 2.75) is 31.8 Å². The Hall–Kier alpha value is -3.06. The van der Waals surface area contributed by atoms with Crippen molar-refractivity contribution in [3.8, 4) is 11.1 Å². The lowest BCUT2D eigenvalue weighted by Gasteiger charge is -2.21. The Bertz CT molecular complexity index is 916. The Morgan fingerprint density at radius 1 is 1.11 bits per heavy atom. The largest absolute Gasteiger partial charge is 0.344 e. The van der Waals surface area contributed by atoms with Crippen LogP contribution in [0.25, 0.3) is 11.1 Å². The zero-order chi connectivity index (χ0) is 19.3. The molecule has 2 aromatic heterocycles. The fraction of sp³-hybridized carbons (Fsp3) is 0.333. The lowest BCUT2D eigenvalue weighted by atomic mass is 10.0. The highest BCUT2D eigenvalue weighted by atomic mass is 16.2.